The molecule has 1 aliphatic rings. The van der Waals surface area contributed by atoms with Gasteiger partial charge in [0.2, 0.25) is 0 Å². The van der Waals surface area contributed by atoms with Crippen LogP contribution in [0.4, 0.5) is 5.69 Å². The van der Waals surface area contributed by atoms with Gasteiger partial charge in [-0.05, 0) is 38.9 Å². The molecular weight excluding hydrogens is 268 g/mol. The second-order valence-electron chi connectivity index (χ2n) is 5.18. The lowest BCUT2D eigenvalue weighted by atomic mass is 10.0. The van der Waals surface area contributed by atoms with Crippen LogP contribution < -0.4 is 10.6 Å². The molecule has 1 aliphatic heterocycles. The first-order valence-corrected chi connectivity index (χ1v) is 7.40. The Hall–Kier alpha value is -2.08. The Kier molecular flexibility index (Phi) is 4.06. The smallest absolute Gasteiger partial charge is 0.341 e. The van der Waals surface area contributed by atoms with E-state index in [0.717, 1.165) is 42.7 Å². The molecule has 3 heterocycles. The molecule has 21 heavy (non-hydrogen) atoms. The third-order valence-electron chi connectivity index (χ3n) is 3.77. The molecule has 0 aliphatic carbocycles. The first-order valence-electron chi connectivity index (χ1n) is 7.40. The van der Waals surface area contributed by atoms with Crippen LogP contribution in [0.1, 0.15) is 30.1 Å². The standard InChI is InChI=1S/C15H20N4O2/c1-2-21-15(20)12-9-18-14-11(5-8-17-14)13(12)19-10-3-6-16-7-4-10/h5,8-10,16H,2-4,6-7H2,1H3,(H2,17,18,19). The number of carbonyl (C=O) groups is 1. The van der Waals surface area contributed by atoms with E-state index in [2.05, 4.69) is 20.6 Å². The van der Waals surface area contributed by atoms with Crippen molar-refractivity contribution in [2.24, 2.45) is 0 Å². The van der Waals surface area contributed by atoms with Gasteiger partial charge in [-0.2, -0.15) is 0 Å². The molecule has 6 nitrogen and oxygen atoms in total. The Bertz CT molecular complexity index is 632. The fourth-order valence-electron chi connectivity index (χ4n) is 2.70. The van der Waals surface area contributed by atoms with Gasteiger partial charge in [0.15, 0.2) is 0 Å². The number of piperidine rings is 1. The second kappa shape index (κ2) is 6.13. The summed E-state index contributed by atoms with van der Waals surface area (Å²) in [6.07, 6.45) is 5.49. The molecule has 0 amide bonds. The molecule has 0 spiro atoms. The summed E-state index contributed by atoms with van der Waals surface area (Å²) in [5.41, 5.74) is 2.11. The number of pyridine rings is 1. The highest BCUT2D eigenvalue weighted by molar-refractivity contribution is 6.04. The van der Waals surface area contributed by atoms with Gasteiger partial charge >= 0.3 is 5.97 Å². The third-order valence-corrected chi connectivity index (χ3v) is 3.77. The van der Waals surface area contributed by atoms with Crippen molar-refractivity contribution in [1.29, 1.82) is 0 Å². The van der Waals surface area contributed by atoms with Gasteiger partial charge in [-0.25, -0.2) is 9.78 Å². The number of nitrogens with one attached hydrogen (secondary N) is 3. The molecule has 1 saturated heterocycles. The summed E-state index contributed by atoms with van der Waals surface area (Å²) in [4.78, 5) is 19.5. The summed E-state index contributed by atoms with van der Waals surface area (Å²) in [5.74, 6) is -0.329. The van der Waals surface area contributed by atoms with E-state index in [1.54, 1.807) is 13.1 Å². The zero-order valence-corrected chi connectivity index (χ0v) is 12.1. The molecule has 0 atom stereocenters. The zero-order valence-electron chi connectivity index (χ0n) is 12.1. The average Bonchev–Trinajstić information content (AvgIpc) is 2.98. The van der Waals surface area contributed by atoms with Crippen LogP contribution in [0.15, 0.2) is 18.5 Å². The minimum Gasteiger partial charge on any atom is -0.462 e. The van der Waals surface area contributed by atoms with E-state index >= 15 is 0 Å². The van der Waals surface area contributed by atoms with Gasteiger partial charge in [-0.1, -0.05) is 0 Å². The Balaban J connectivity index is 1.97. The van der Waals surface area contributed by atoms with Crippen molar-refractivity contribution in [1.82, 2.24) is 15.3 Å². The summed E-state index contributed by atoms with van der Waals surface area (Å²) < 4.78 is 5.14. The van der Waals surface area contributed by atoms with Crippen LogP contribution in [0.5, 0.6) is 0 Å². The van der Waals surface area contributed by atoms with E-state index in [1.807, 2.05) is 12.3 Å². The lowest BCUT2D eigenvalue weighted by Crippen LogP contribution is -2.35. The number of anilines is 1. The van der Waals surface area contributed by atoms with Crippen molar-refractivity contribution < 1.29 is 9.53 Å². The van der Waals surface area contributed by atoms with Crippen LogP contribution in [0.3, 0.4) is 0 Å². The van der Waals surface area contributed by atoms with E-state index < -0.39 is 0 Å². The molecule has 2 aromatic heterocycles. The molecule has 2 aromatic rings. The van der Waals surface area contributed by atoms with Gasteiger partial charge in [0.25, 0.3) is 0 Å². The van der Waals surface area contributed by atoms with Crippen LogP contribution in [-0.4, -0.2) is 41.7 Å². The number of aromatic nitrogens is 2. The largest absolute Gasteiger partial charge is 0.462 e. The molecular formula is C15H20N4O2. The molecule has 0 radical (unpaired) electrons. The van der Waals surface area contributed by atoms with Gasteiger partial charge in [-0.3, -0.25) is 0 Å². The van der Waals surface area contributed by atoms with Crippen LogP contribution in [-0.2, 0) is 4.74 Å². The Morgan fingerprint density at radius 1 is 1.48 bits per heavy atom. The number of hydrogen-bond donors (Lipinski definition) is 3. The predicted octanol–water partition coefficient (Wildman–Crippen LogP) is 1.90. The number of nitrogens with zero attached hydrogens (tertiary/aromatic N) is 1. The van der Waals surface area contributed by atoms with E-state index in [0.29, 0.717) is 18.2 Å². The number of aromatic amines is 1. The number of ether oxygens (including phenoxy) is 1. The van der Waals surface area contributed by atoms with Crippen molar-refractivity contribution in [3.8, 4) is 0 Å². The lowest BCUT2D eigenvalue weighted by Gasteiger charge is -2.25. The summed E-state index contributed by atoms with van der Waals surface area (Å²) in [6, 6.07) is 2.30. The monoisotopic (exact) mass is 288 g/mol. The summed E-state index contributed by atoms with van der Waals surface area (Å²) >= 11 is 0. The molecule has 0 unspecified atom stereocenters. The van der Waals surface area contributed by atoms with Crippen molar-refractivity contribution in [2.45, 2.75) is 25.8 Å². The van der Waals surface area contributed by atoms with Crippen molar-refractivity contribution in [2.75, 3.05) is 25.0 Å². The van der Waals surface area contributed by atoms with E-state index in [4.69, 9.17) is 4.74 Å². The summed E-state index contributed by atoms with van der Waals surface area (Å²) in [7, 11) is 0. The van der Waals surface area contributed by atoms with Gasteiger partial charge < -0.3 is 20.4 Å². The van der Waals surface area contributed by atoms with Crippen molar-refractivity contribution >= 4 is 22.7 Å². The van der Waals surface area contributed by atoms with Crippen LogP contribution in [0, 0.1) is 0 Å². The number of esters is 1. The molecule has 0 bridgehead atoms. The Morgan fingerprint density at radius 2 is 2.29 bits per heavy atom. The topological polar surface area (TPSA) is 79.0 Å². The maximum absolute atomic E-state index is 12.1. The van der Waals surface area contributed by atoms with Crippen molar-refractivity contribution in [3.05, 3.63) is 24.0 Å². The highest BCUT2D eigenvalue weighted by atomic mass is 16.5. The SMILES string of the molecule is CCOC(=O)c1cnc2[nH]ccc2c1NC1CCNCC1. The highest BCUT2D eigenvalue weighted by Gasteiger charge is 2.20. The first-order chi connectivity index (χ1) is 10.3. The fraction of sp³-hybridized carbons (Fsp3) is 0.467. The van der Waals surface area contributed by atoms with Gasteiger partial charge in [-0.15, -0.1) is 0 Å². The Labute approximate surface area is 123 Å². The van der Waals surface area contributed by atoms with Gasteiger partial charge in [0, 0.05) is 23.8 Å². The number of carbonyl (C=O) groups excluding carboxylic acids is 1. The minimum absolute atomic E-state index is 0.329. The van der Waals surface area contributed by atoms with Crippen LogP contribution in [0.25, 0.3) is 11.0 Å². The maximum Gasteiger partial charge on any atom is 0.341 e. The number of fused-ring (bicyclic) bond motifs is 1. The van der Waals surface area contributed by atoms with Crippen molar-refractivity contribution in [3.63, 3.8) is 0 Å². The van der Waals surface area contributed by atoms with Gasteiger partial charge in [0.1, 0.15) is 11.2 Å². The molecule has 1 fully saturated rings. The molecule has 3 N–H and O–H groups in total. The molecule has 6 heteroatoms. The number of rotatable bonds is 4. The maximum atomic E-state index is 12.1. The van der Waals surface area contributed by atoms with Crippen LogP contribution in [0.2, 0.25) is 0 Å². The quantitative estimate of drug-likeness (QED) is 0.749. The lowest BCUT2D eigenvalue weighted by molar-refractivity contribution is 0.0527. The molecule has 0 aromatic carbocycles. The molecule has 112 valence electrons. The first kappa shape index (κ1) is 13.9. The third kappa shape index (κ3) is 2.85. The zero-order chi connectivity index (χ0) is 14.7. The van der Waals surface area contributed by atoms with E-state index in [1.165, 1.54) is 0 Å². The number of hydrogen-bond acceptors (Lipinski definition) is 5. The average molecular weight is 288 g/mol. The fourth-order valence-corrected chi connectivity index (χ4v) is 2.70. The van der Waals surface area contributed by atoms with E-state index in [-0.39, 0.29) is 5.97 Å². The summed E-state index contributed by atoms with van der Waals surface area (Å²) in [6.45, 7) is 4.15. The van der Waals surface area contributed by atoms with Crippen LogP contribution >= 0.6 is 0 Å². The minimum atomic E-state index is -0.329. The highest BCUT2D eigenvalue weighted by Crippen LogP contribution is 2.28. The molecule has 0 saturated carbocycles. The molecule has 3 rings (SSSR count). The van der Waals surface area contributed by atoms with Gasteiger partial charge in [0.05, 0.1) is 12.3 Å². The number of H-pyrrole nitrogens is 1. The Morgan fingerprint density at radius 3 is 3.05 bits per heavy atom. The normalized spacial score (nSPS) is 16.0. The van der Waals surface area contributed by atoms with E-state index in [9.17, 15) is 4.79 Å². The predicted molar refractivity (Wildman–Crippen MR) is 81.6 cm³/mol. The second-order valence-corrected chi connectivity index (χ2v) is 5.18. The summed E-state index contributed by atoms with van der Waals surface area (Å²) in [5, 5.41) is 7.79.